The average molecular weight is 252 g/mol. The molecule has 0 amide bonds. The molecule has 4 N–H and O–H groups in total. The van der Waals surface area contributed by atoms with E-state index in [4.69, 9.17) is 20.9 Å². The predicted octanol–water partition coefficient (Wildman–Crippen LogP) is 1.93. The summed E-state index contributed by atoms with van der Waals surface area (Å²) in [6.07, 6.45) is 0. The van der Waals surface area contributed by atoms with E-state index >= 15 is 0 Å². The number of benzene rings is 1. The summed E-state index contributed by atoms with van der Waals surface area (Å²) in [4.78, 5) is 0. The number of ether oxygens (including phenoxy) is 2. The molecule has 0 heterocycles. The van der Waals surface area contributed by atoms with Gasteiger partial charge < -0.3 is 20.9 Å². The van der Waals surface area contributed by atoms with E-state index in [9.17, 15) is 0 Å². The lowest BCUT2D eigenvalue weighted by atomic mass is 9.85. The van der Waals surface area contributed by atoms with Gasteiger partial charge in [-0.25, -0.2) is 0 Å². The second kappa shape index (κ2) is 6.61. The number of nitrogens with two attached hydrogens (primary N) is 2. The van der Waals surface area contributed by atoms with Crippen LogP contribution in [0.5, 0.6) is 11.5 Å². The van der Waals surface area contributed by atoms with E-state index in [0.29, 0.717) is 24.0 Å². The summed E-state index contributed by atoms with van der Waals surface area (Å²) in [6, 6.07) is 5.68. The molecule has 4 heteroatoms. The molecule has 1 rings (SSSR count). The first-order valence-electron chi connectivity index (χ1n) is 6.22. The molecule has 0 fully saturated rings. The van der Waals surface area contributed by atoms with Crippen LogP contribution in [0, 0.1) is 11.8 Å². The van der Waals surface area contributed by atoms with E-state index in [1.165, 1.54) is 0 Å². The smallest absolute Gasteiger partial charge is 0.161 e. The Morgan fingerprint density at radius 3 is 2.17 bits per heavy atom. The fraction of sp³-hybridized carbons (Fsp3) is 0.571. The molecule has 2 atom stereocenters. The Morgan fingerprint density at radius 2 is 1.72 bits per heavy atom. The zero-order valence-electron chi connectivity index (χ0n) is 11.6. The third kappa shape index (κ3) is 3.15. The van der Waals surface area contributed by atoms with Gasteiger partial charge in [0, 0.05) is 6.04 Å². The van der Waals surface area contributed by atoms with Gasteiger partial charge in [-0.2, -0.15) is 0 Å². The number of hydrogen-bond acceptors (Lipinski definition) is 4. The molecule has 1 aromatic rings. The van der Waals surface area contributed by atoms with Gasteiger partial charge in [0.1, 0.15) is 0 Å². The van der Waals surface area contributed by atoms with Crippen molar-refractivity contribution < 1.29 is 9.47 Å². The van der Waals surface area contributed by atoms with Gasteiger partial charge in [0.2, 0.25) is 0 Å². The molecule has 0 radical (unpaired) electrons. The lowest BCUT2D eigenvalue weighted by Crippen LogP contribution is -2.31. The molecule has 102 valence electrons. The molecule has 2 unspecified atom stereocenters. The Morgan fingerprint density at radius 1 is 1.11 bits per heavy atom. The van der Waals surface area contributed by atoms with Crippen LogP contribution in [-0.4, -0.2) is 20.8 Å². The first-order valence-corrected chi connectivity index (χ1v) is 6.22. The first-order chi connectivity index (χ1) is 8.54. The quantitative estimate of drug-likeness (QED) is 0.811. The molecular formula is C14H24N2O2. The van der Waals surface area contributed by atoms with Crippen LogP contribution in [0.3, 0.4) is 0 Å². The summed E-state index contributed by atoms with van der Waals surface area (Å²) in [5.74, 6) is 2.11. The largest absolute Gasteiger partial charge is 0.493 e. The van der Waals surface area contributed by atoms with Crippen LogP contribution in [0.2, 0.25) is 0 Å². The Kier molecular flexibility index (Phi) is 5.44. The highest BCUT2D eigenvalue weighted by Gasteiger charge is 2.22. The lowest BCUT2D eigenvalue weighted by molar-refractivity contribution is 0.327. The molecule has 0 bridgehead atoms. The normalized spacial score (nSPS) is 14.4. The molecule has 0 aliphatic rings. The van der Waals surface area contributed by atoms with E-state index in [0.717, 1.165) is 5.56 Å². The van der Waals surface area contributed by atoms with E-state index in [1.54, 1.807) is 14.2 Å². The van der Waals surface area contributed by atoms with Crippen molar-refractivity contribution in [3.05, 3.63) is 23.8 Å². The van der Waals surface area contributed by atoms with Crippen molar-refractivity contribution in [3.63, 3.8) is 0 Å². The van der Waals surface area contributed by atoms with Gasteiger partial charge in [-0.05, 0) is 36.1 Å². The van der Waals surface area contributed by atoms with E-state index in [2.05, 4.69) is 13.8 Å². The monoisotopic (exact) mass is 252 g/mol. The topological polar surface area (TPSA) is 70.5 Å². The maximum absolute atomic E-state index is 6.29. The van der Waals surface area contributed by atoms with Gasteiger partial charge in [-0.1, -0.05) is 19.9 Å². The van der Waals surface area contributed by atoms with Gasteiger partial charge in [-0.15, -0.1) is 0 Å². The molecule has 4 nitrogen and oxygen atoms in total. The van der Waals surface area contributed by atoms with Crippen LogP contribution in [0.15, 0.2) is 18.2 Å². The Hall–Kier alpha value is -1.26. The summed E-state index contributed by atoms with van der Waals surface area (Å²) >= 11 is 0. The third-order valence-corrected chi connectivity index (χ3v) is 3.38. The molecule has 0 aliphatic heterocycles. The van der Waals surface area contributed by atoms with Crippen molar-refractivity contribution in [2.75, 3.05) is 20.8 Å². The van der Waals surface area contributed by atoms with Gasteiger partial charge >= 0.3 is 0 Å². The zero-order chi connectivity index (χ0) is 13.7. The summed E-state index contributed by atoms with van der Waals surface area (Å²) in [6.45, 7) is 4.85. The molecule has 0 saturated heterocycles. The average Bonchev–Trinajstić information content (AvgIpc) is 2.38. The van der Waals surface area contributed by atoms with Crippen LogP contribution in [0.25, 0.3) is 0 Å². The van der Waals surface area contributed by atoms with E-state index in [1.807, 2.05) is 18.2 Å². The predicted molar refractivity (Wildman–Crippen MR) is 73.9 cm³/mol. The molecule has 0 saturated carbocycles. The highest BCUT2D eigenvalue weighted by molar-refractivity contribution is 5.43. The summed E-state index contributed by atoms with van der Waals surface area (Å²) in [7, 11) is 3.24. The van der Waals surface area contributed by atoms with Gasteiger partial charge in [0.25, 0.3) is 0 Å². The fourth-order valence-electron chi connectivity index (χ4n) is 2.14. The molecule has 0 spiro atoms. The van der Waals surface area contributed by atoms with Crippen molar-refractivity contribution in [1.29, 1.82) is 0 Å². The number of rotatable bonds is 6. The summed E-state index contributed by atoms with van der Waals surface area (Å²) in [5, 5.41) is 0. The van der Waals surface area contributed by atoms with E-state index in [-0.39, 0.29) is 12.0 Å². The van der Waals surface area contributed by atoms with Crippen molar-refractivity contribution in [1.82, 2.24) is 0 Å². The molecule has 0 aliphatic carbocycles. The van der Waals surface area contributed by atoms with Gasteiger partial charge in [0.05, 0.1) is 14.2 Å². The van der Waals surface area contributed by atoms with E-state index < -0.39 is 0 Å². The minimum Gasteiger partial charge on any atom is -0.493 e. The number of methoxy groups -OCH3 is 2. The first kappa shape index (κ1) is 14.8. The Balaban J connectivity index is 3.02. The van der Waals surface area contributed by atoms with Crippen LogP contribution in [-0.2, 0) is 0 Å². The number of hydrogen-bond donors (Lipinski definition) is 2. The van der Waals surface area contributed by atoms with Crippen LogP contribution < -0.4 is 20.9 Å². The van der Waals surface area contributed by atoms with Gasteiger partial charge in [0.15, 0.2) is 11.5 Å². The maximum atomic E-state index is 6.29. The highest BCUT2D eigenvalue weighted by atomic mass is 16.5. The standard InChI is InChI=1S/C14H24N2O2/c1-9(2)11(8-15)14(16)10-5-6-12(17-3)13(7-10)18-4/h5-7,9,11,14H,8,15-16H2,1-4H3. The van der Waals surface area contributed by atoms with Crippen LogP contribution >= 0.6 is 0 Å². The second-order valence-electron chi connectivity index (χ2n) is 4.78. The minimum absolute atomic E-state index is 0.0881. The maximum Gasteiger partial charge on any atom is 0.161 e. The molecule has 18 heavy (non-hydrogen) atoms. The SMILES string of the molecule is COc1ccc(C(N)C(CN)C(C)C)cc1OC. The van der Waals surface area contributed by atoms with Crippen molar-refractivity contribution in [2.45, 2.75) is 19.9 Å². The Bertz CT molecular complexity index is 380. The molecule has 0 aromatic heterocycles. The highest BCUT2D eigenvalue weighted by Crippen LogP contribution is 2.32. The summed E-state index contributed by atoms with van der Waals surface area (Å²) in [5.41, 5.74) is 13.1. The minimum atomic E-state index is -0.0881. The summed E-state index contributed by atoms with van der Waals surface area (Å²) < 4.78 is 10.5. The van der Waals surface area contributed by atoms with Crippen LogP contribution in [0.1, 0.15) is 25.5 Å². The van der Waals surface area contributed by atoms with Crippen molar-refractivity contribution in [2.24, 2.45) is 23.3 Å². The molecular weight excluding hydrogens is 228 g/mol. The van der Waals surface area contributed by atoms with Crippen molar-refractivity contribution >= 4 is 0 Å². The Labute approximate surface area is 109 Å². The second-order valence-corrected chi connectivity index (χ2v) is 4.78. The zero-order valence-corrected chi connectivity index (χ0v) is 11.6. The van der Waals surface area contributed by atoms with Gasteiger partial charge in [-0.3, -0.25) is 0 Å². The molecule has 1 aromatic carbocycles. The lowest BCUT2D eigenvalue weighted by Gasteiger charge is -2.26. The fourth-order valence-corrected chi connectivity index (χ4v) is 2.14. The van der Waals surface area contributed by atoms with Crippen LogP contribution in [0.4, 0.5) is 0 Å². The van der Waals surface area contributed by atoms with Crippen molar-refractivity contribution in [3.8, 4) is 11.5 Å². The third-order valence-electron chi connectivity index (χ3n) is 3.38.